The average molecular weight is 182 g/mol. The Morgan fingerprint density at radius 1 is 1.31 bits per heavy atom. The fourth-order valence-corrected chi connectivity index (χ4v) is 2.39. The first-order chi connectivity index (χ1) is 6.29. The third-order valence-corrected chi connectivity index (χ3v) is 3.61. The molecule has 0 aromatic rings. The highest BCUT2D eigenvalue weighted by atomic mass is 15.2. The Hall–Kier alpha value is -0.0800. The van der Waals surface area contributed by atoms with Gasteiger partial charge in [-0.3, -0.25) is 0 Å². The normalized spacial score (nSPS) is 36.5. The lowest BCUT2D eigenvalue weighted by atomic mass is 9.98. The van der Waals surface area contributed by atoms with Gasteiger partial charge < -0.3 is 10.2 Å². The van der Waals surface area contributed by atoms with Crippen LogP contribution in [0.25, 0.3) is 0 Å². The first-order valence-electron chi connectivity index (χ1n) is 5.71. The Morgan fingerprint density at radius 2 is 2.08 bits per heavy atom. The van der Waals surface area contributed by atoms with Crippen molar-refractivity contribution in [3.63, 3.8) is 0 Å². The summed E-state index contributed by atoms with van der Waals surface area (Å²) in [5.41, 5.74) is 0. The van der Waals surface area contributed by atoms with E-state index < -0.39 is 0 Å². The fourth-order valence-electron chi connectivity index (χ4n) is 2.39. The summed E-state index contributed by atoms with van der Waals surface area (Å²) in [6.07, 6.45) is 5.65. The van der Waals surface area contributed by atoms with Gasteiger partial charge in [-0.05, 0) is 52.1 Å². The van der Waals surface area contributed by atoms with Crippen LogP contribution < -0.4 is 5.32 Å². The molecule has 0 aromatic carbocycles. The maximum absolute atomic E-state index is 3.40. The first-order valence-corrected chi connectivity index (χ1v) is 5.71. The lowest BCUT2D eigenvalue weighted by Gasteiger charge is -2.37. The molecule has 1 aliphatic carbocycles. The highest BCUT2D eigenvalue weighted by molar-refractivity contribution is 4.86. The van der Waals surface area contributed by atoms with Crippen LogP contribution in [0, 0.1) is 5.92 Å². The number of piperidine rings is 1. The summed E-state index contributed by atoms with van der Waals surface area (Å²) in [5, 5.41) is 3.40. The van der Waals surface area contributed by atoms with Crippen LogP contribution in [0.4, 0.5) is 0 Å². The van der Waals surface area contributed by atoms with E-state index in [9.17, 15) is 0 Å². The van der Waals surface area contributed by atoms with Crippen LogP contribution in [0.3, 0.4) is 0 Å². The molecule has 0 aromatic heterocycles. The molecule has 2 atom stereocenters. The van der Waals surface area contributed by atoms with E-state index in [0.717, 1.165) is 18.0 Å². The molecule has 2 aliphatic rings. The van der Waals surface area contributed by atoms with E-state index in [-0.39, 0.29) is 0 Å². The van der Waals surface area contributed by atoms with E-state index >= 15 is 0 Å². The summed E-state index contributed by atoms with van der Waals surface area (Å²) < 4.78 is 0. The van der Waals surface area contributed by atoms with Gasteiger partial charge >= 0.3 is 0 Å². The van der Waals surface area contributed by atoms with Crippen LogP contribution in [0.2, 0.25) is 0 Å². The van der Waals surface area contributed by atoms with Gasteiger partial charge in [-0.25, -0.2) is 0 Å². The van der Waals surface area contributed by atoms with Crippen molar-refractivity contribution in [3.05, 3.63) is 0 Å². The van der Waals surface area contributed by atoms with Gasteiger partial charge in [0.15, 0.2) is 0 Å². The molecule has 76 valence electrons. The quantitative estimate of drug-likeness (QED) is 0.711. The second-order valence-corrected chi connectivity index (χ2v) is 4.80. The topological polar surface area (TPSA) is 15.3 Å². The second kappa shape index (κ2) is 3.97. The molecule has 2 unspecified atom stereocenters. The summed E-state index contributed by atoms with van der Waals surface area (Å²) in [7, 11) is 2.09. The van der Waals surface area contributed by atoms with Gasteiger partial charge in [0.1, 0.15) is 0 Å². The minimum Gasteiger partial charge on any atom is -0.317 e. The second-order valence-electron chi connectivity index (χ2n) is 4.80. The van der Waals surface area contributed by atoms with E-state index in [2.05, 4.69) is 24.2 Å². The SMILES string of the molecule is CNC1CCN(CC2CC2)C(C)C1. The van der Waals surface area contributed by atoms with Crippen molar-refractivity contribution in [2.24, 2.45) is 5.92 Å². The van der Waals surface area contributed by atoms with Crippen molar-refractivity contribution in [3.8, 4) is 0 Å². The average Bonchev–Trinajstić information content (AvgIpc) is 2.92. The van der Waals surface area contributed by atoms with Gasteiger partial charge in [0, 0.05) is 18.6 Å². The minimum atomic E-state index is 0.769. The smallest absolute Gasteiger partial charge is 0.00910 e. The maximum atomic E-state index is 3.40. The Kier molecular flexibility index (Phi) is 2.89. The van der Waals surface area contributed by atoms with Crippen molar-refractivity contribution in [1.29, 1.82) is 0 Å². The Morgan fingerprint density at radius 3 is 2.62 bits per heavy atom. The zero-order chi connectivity index (χ0) is 9.26. The number of nitrogens with zero attached hydrogens (tertiary/aromatic N) is 1. The predicted octanol–water partition coefficient (Wildman–Crippen LogP) is 1.47. The van der Waals surface area contributed by atoms with Crippen molar-refractivity contribution >= 4 is 0 Å². The van der Waals surface area contributed by atoms with Crippen molar-refractivity contribution in [2.75, 3.05) is 20.1 Å². The molecule has 13 heavy (non-hydrogen) atoms. The summed E-state index contributed by atoms with van der Waals surface area (Å²) in [6.45, 7) is 5.06. The highest BCUT2D eigenvalue weighted by Crippen LogP contribution is 2.31. The summed E-state index contributed by atoms with van der Waals surface area (Å²) in [6, 6.07) is 1.57. The molecule has 2 nitrogen and oxygen atoms in total. The van der Waals surface area contributed by atoms with E-state index in [1.54, 1.807) is 0 Å². The van der Waals surface area contributed by atoms with Gasteiger partial charge in [0.05, 0.1) is 0 Å². The molecule has 0 radical (unpaired) electrons. The maximum Gasteiger partial charge on any atom is 0.00910 e. The van der Waals surface area contributed by atoms with E-state index in [0.29, 0.717) is 0 Å². The molecule has 2 rings (SSSR count). The largest absolute Gasteiger partial charge is 0.317 e. The summed E-state index contributed by atoms with van der Waals surface area (Å²) in [5.74, 6) is 1.05. The number of nitrogens with one attached hydrogen (secondary N) is 1. The van der Waals surface area contributed by atoms with E-state index in [4.69, 9.17) is 0 Å². The molecule has 0 bridgehead atoms. The highest BCUT2D eigenvalue weighted by Gasteiger charge is 2.30. The lowest BCUT2D eigenvalue weighted by Crippen LogP contribution is -2.47. The molecule has 1 N–H and O–H groups in total. The summed E-state index contributed by atoms with van der Waals surface area (Å²) in [4.78, 5) is 2.69. The monoisotopic (exact) mass is 182 g/mol. The van der Waals surface area contributed by atoms with E-state index in [1.165, 1.54) is 38.8 Å². The van der Waals surface area contributed by atoms with Crippen LogP contribution in [-0.2, 0) is 0 Å². The van der Waals surface area contributed by atoms with Crippen molar-refractivity contribution in [2.45, 2.75) is 44.7 Å². The zero-order valence-electron chi connectivity index (χ0n) is 8.92. The Labute approximate surface area is 81.7 Å². The molecule has 1 saturated carbocycles. The van der Waals surface area contributed by atoms with Gasteiger partial charge in [0.2, 0.25) is 0 Å². The number of rotatable bonds is 3. The molecule has 0 spiro atoms. The van der Waals surface area contributed by atoms with Crippen LogP contribution in [0.1, 0.15) is 32.6 Å². The molecule has 1 saturated heterocycles. The summed E-state index contributed by atoms with van der Waals surface area (Å²) >= 11 is 0. The molecule has 2 heteroatoms. The van der Waals surface area contributed by atoms with Crippen molar-refractivity contribution in [1.82, 2.24) is 10.2 Å². The standard InChI is InChI=1S/C11H22N2/c1-9-7-11(12-2)5-6-13(9)8-10-3-4-10/h9-12H,3-8H2,1-2H3. The molecule has 2 fully saturated rings. The van der Waals surface area contributed by atoms with Crippen LogP contribution in [0.15, 0.2) is 0 Å². The fraction of sp³-hybridized carbons (Fsp3) is 1.00. The molecule has 1 heterocycles. The van der Waals surface area contributed by atoms with Gasteiger partial charge in [-0.15, -0.1) is 0 Å². The molecule has 1 aliphatic heterocycles. The molecular formula is C11H22N2. The Bertz CT molecular complexity index is 165. The van der Waals surface area contributed by atoms with Crippen LogP contribution >= 0.6 is 0 Å². The first kappa shape index (κ1) is 9.47. The zero-order valence-corrected chi connectivity index (χ0v) is 8.92. The van der Waals surface area contributed by atoms with Crippen molar-refractivity contribution < 1.29 is 0 Å². The minimum absolute atomic E-state index is 0.769. The predicted molar refractivity (Wildman–Crippen MR) is 55.8 cm³/mol. The third-order valence-electron chi connectivity index (χ3n) is 3.61. The van der Waals surface area contributed by atoms with Gasteiger partial charge in [0.25, 0.3) is 0 Å². The molecule has 0 amide bonds. The number of hydrogen-bond donors (Lipinski definition) is 1. The number of likely N-dealkylation sites (tertiary alicyclic amines) is 1. The van der Waals surface area contributed by atoms with Crippen LogP contribution in [0.5, 0.6) is 0 Å². The van der Waals surface area contributed by atoms with Gasteiger partial charge in [-0.1, -0.05) is 0 Å². The van der Waals surface area contributed by atoms with Crippen LogP contribution in [-0.4, -0.2) is 37.1 Å². The third kappa shape index (κ3) is 2.44. The lowest BCUT2D eigenvalue weighted by molar-refractivity contribution is 0.133. The number of hydrogen-bond acceptors (Lipinski definition) is 2. The Balaban J connectivity index is 1.78. The van der Waals surface area contributed by atoms with Gasteiger partial charge in [-0.2, -0.15) is 0 Å². The van der Waals surface area contributed by atoms with E-state index in [1.807, 2.05) is 0 Å². The molecular weight excluding hydrogens is 160 g/mol.